The quantitative estimate of drug-likeness (QED) is 0.286. The number of carbonyl (C=O) groups is 2. The van der Waals surface area contributed by atoms with Crippen LogP contribution in [0.1, 0.15) is 61.6 Å². The van der Waals surface area contributed by atoms with E-state index in [1.54, 1.807) is 38.1 Å². The lowest BCUT2D eigenvalue weighted by Gasteiger charge is -2.55. The molecule has 11 heteroatoms. The zero-order valence-electron chi connectivity index (χ0n) is 24.2. The van der Waals surface area contributed by atoms with Crippen molar-refractivity contribution in [3.8, 4) is 11.1 Å². The third-order valence-corrected chi connectivity index (χ3v) is 10.7. The van der Waals surface area contributed by atoms with E-state index in [1.807, 2.05) is 0 Å². The maximum atomic E-state index is 14.4. The molecule has 0 saturated heterocycles. The van der Waals surface area contributed by atoms with Crippen LogP contribution < -0.4 is 10.6 Å². The number of aryl methyl sites for hydroxylation is 1. The monoisotopic (exact) mass is 632 g/mol. The zero-order chi connectivity index (χ0) is 31.8. The van der Waals surface area contributed by atoms with Crippen molar-refractivity contribution in [2.75, 3.05) is 0 Å². The minimum atomic E-state index is -4.94. The van der Waals surface area contributed by atoms with Crippen molar-refractivity contribution in [1.29, 1.82) is 0 Å². The molecule has 2 fully saturated rings. The summed E-state index contributed by atoms with van der Waals surface area (Å²) in [7, 11) is 0. The molecular formula is C33H33ClF4N2O4. The van der Waals surface area contributed by atoms with Gasteiger partial charge in [-0.2, -0.15) is 13.2 Å². The number of aliphatic hydroxyl groups is 2. The fourth-order valence-electron chi connectivity index (χ4n) is 8.20. The summed E-state index contributed by atoms with van der Waals surface area (Å²) in [6.07, 6.45) is -1.40. The van der Waals surface area contributed by atoms with Crippen LogP contribution in [0.5, 0.6) is 0 Å². The van der Waals surface area contributed by atoms with Crippen LogP contribution in [0.3, 0.4) is 0 Å². The average Bonchev–Trinajstić information content (AvgIpc) is 3.44. The van der Waals surface area contributed by atoms with Crippen molar-refractivity contribution < 1.29 is 37.4 Å². The number of hydrogen-bond acceptors (Lipinski definition) is 4. The first kappa shape index (κ1) is 30.6. The Kier molecular flexibility index (Phi) is 7.20. The number of aliphatic hydroxyl groups excluding tert-OH is 1. The highest BCUT2D eigenvalue weighted by atomic mass is 35.5. The molecule has 5 atom stereocenters. The predicted octanol–water partition coefficient (Wildman–Crippen LogP) is 6.61. The topological polar surface area (TPSA) is 98.7 Å². The zero-order valence-corrected chi connectivity index (χ0v) is 25.0. The van der Waals surface area contributed by atoms with Gasteiger partial charge in [-0.15, -0.1) is 0 Å². The van der Waals surface area contributed by atoms with Crippen molar-refractivity contribution in [2.45, 2.75) is 81.6 Å². The number of halogens is 5. The number of hydrogen-bond donors (Lipinski definition) is 4. The highest BCUT2D eigenvalue weighted by molar-refractivity contribution is 6.30. The molecule has 2 saturated carbocycles. The summed E-state index contributed by atoms with van der Waals surface area (Å²) in [6, 6.07) is 7.83. The Hall–Kier alpha value is -3.37. The maximum absolute atomic E-state index is 14.4. The average molecular weight is 633 g/mol. The van der Waals surface area contributed by atoms with E-state index < -0.39 is 59.3 Å². The molecule has 0 aromatic heterocycles. The normalized spacial score (nSPS) is 32.1. The van der Waals surface area contributed by atoms with Crippen LogP contribution in [0, 0.1) is 31.5 Å². The second-order valence-corrected chi connectivity index (χ2v) is 13.2. The van der Waals surface area contributed by atoms with Gasteiger partial charge in [0.05, 0.1) is 16.1 Å². The molecule has 2 spiro atoms. The van der Waals surface area contributed by atoms with E-state index in [2.05, 4.69) is 10.6 Å². The Labute approximate surface area is 257 Å². The molecule has 44 heavy (non-hydrogen) atoms. The number of alkyl halides is 3. The van der Waals surface area contributed by atoms with Gasteiger partial charge in [0, 0.05) is 6.08 Å². The summed E-state index contributed by atoms with van der Waals surface area (Å²) in [5.74, 6) is -3.68. The SMILES string of the molecule is Cc1ccc(-c2ccc(Cl)c(F)c2)c(C)c1C1=C(O)C2(CCC(O)(C(F)(F)F)CC2C2CCCC[C@@]23C=CC(=O)N3)NC1=O. The fourth-order valence-corrected chi connectivity index (χ4v) is 8.32. The molecule has 2 aromatic rings. The molecular weight excluding hydrogens is 600 g/mol. The Morgan fingerprint density at radius 3 is 2.41 bits per heavy atom. The summed E-state index contributed by atoms with van der Waals surface area (Å²) < 4.78 is 57.3. The van der Waals surface area contributed by atoms with Crippen LogP contribution in [0.4, 0.5) is 17.6 Å². The lowest BCUT2D eigenvalue weighted by Crippen LogP contribution is -2.66. The van der Waals surface area contributed by atoms with Gasteiger partial charge in [0.1, 0.15) is 17.1 Å². The summed E-state index contributed by atoms with van der Waals surface area (Å²) in [5.41, 5.74) is -2.98. The standard InChI is InChI=1S/C33H33ClF4N2O4/c1-17-6-8-20(19-7-9-23(34)24(35)15-19)18(2)26(17)27-28(42)32(40-29(27)43)14-13-31(44,33(36,37)38)16-22(32)21-5-3-4-11-30(21)12-10-25(41)39-30/h6-10,12,15,21-22,42,44H,3-5,11,13-14,16H2,1-2H3,(H,39,41)(H,40,43)/t21?,22?,30-,31?,32?/m1/s1. The minimum Gasteiger partial charge on any atom is -0.509 e. The van der Waals surface area contributed by atoms with Crippen LogP contribution >= 0.6 is 11.6 Å². The van der Waals surface area contributed by atoms with Crippen LogP contribution in [-0.2, 0) is 9.59 Å². The van der Waals surface area contributed by atoms with Gasteiger partial charge in [-0.1, -0.05) is 48.7 Å². The molecule has 6 rings (SSSR count). The van der Waals surface area contributed by atoms with Crippen molar-refractivity contribution in [3.63, 3.8) is 0 Å². The van der Waals surface area contributed by atoms with Gasteiger partial charge < -0.3 is 20.8 Å². The maximum Gasteiger partial charge on any atom is 0.417 e. The summed E-state index contributed by atoms with van der Waals surface area (Å²) in [4.78, 5) is 26.3. The first-order chi connectivity index (χ1) is 20.6. The summed E-state index contributed by atoms with van der Waals surface area (Å²) >= 11 is 5.88. The second-order valence-electron chi connectivity index (χ2n) is 12.8. The summed E-state index contributed by atoms with van der Waals surface area (Å²) in [5, 5.41) is 28.9. The molecule has 2 aliphatic heterocycles. The van der Waals surface area contributed by atoms with E-state index in [0.717, 1.165) is 6.42 Å². The summed E-state index contributed by atoms with van der Waals surface area (Å²) in [6.45, 7) is 3.49. The van der Waals surface area contributed by atoms with E-state index in [9.17, 15) is 37.4 Å². The third-order valence-electron chi connectivity index (χ3n) is 10.4. The molecule has 4 aliphatic rings. The molecule has 0 bridgehead atoms. The Morgan fingerprint density at radius 2 is 1.75 bits per heavy atom. The molecule has 2 aliphatic carbocycles. The smallest absolute Gasteiger partial charge is 0.417 e. The van der Waals surface area contributed by atoms with Crippen molar-refractivity contribution >= 4 is 29.0 Å². The van der Waals surface area contributed by atoms with Gasteiger partial charge in [0.2, 0.25) is 5.91 Å². The predicted molar refractivity (Wildman–Crippen MR) is 157 cm³/mol. The molecule has 6 nitrogen and oxygen atoms in total. The molecule has 234 valence electrons. The fraction of sp³-hybridized carbons (Fsp3) is 0.455. The molecule has 2 heterocycles. The second kappa shape index (κ2) is 10.3. The van der Waals surface area contributed by atoms with Crippen LogP contribution in [-0.4, -0.2) is 44.9 Å². The van der Waals surface area contributed by atoms with Gasteiger partial charge in [-0.3, -0.25) is 9.59 Å². The van der Waals surface area contributed by atoms with Gasteiger partial charge in [0.25, 0.3) is 5.91 Å². The van der Waals surface area contributed by atoms with Crippen LogP contribution in [0.25, 0.3) is 16.7 Å². The molecule has 2 amide bonds. The highest BCUT2D eigenvalue weighted by Crippen LogP contribution is 2.58. The number of amides is 2. The van der Waals surface area contributed by atoms with Crippen LogP contribution in [0.2, 0.25) is 5.02 Å². The molecule has 2 aromatic carbocycles. The van der Waals surface area contributed by atoms with Crippen molar-refractivity contribution in [1.82, 2.24) is 10.6 Å². The van der Waals surface area contributed by atoms with Crippen LogP contribution in [0.15, 0.2) is 48.2 Å². The molecule has 0 radical (unpaired) electrons. The van der Waals surface area contributed by atoms with Gasteiger partial charge in [-0.25, -0.2) is 4.39 Å². The lowest BCUT2D eigenvalue weighted by molar-refractivity contribution is -0.282. The van der Waals surface area contributed by atoms with E-state index in [4.69, 9.17) is 11.6 Å². The molecule has 4 N–H and O–H groups in total. The minimum absolute atomic E-state index is 0.0489. The van der Waals surface area contributed by atoms with Gasteiger partial charge in [-0.05, 0) is 97.7 Å². The lowest BCUT2D eigenvalue weighted by atomic mass is 9.55. The number of benzene rings is 2. The largest absolute Gasteiger partial charge is 0.509 e. The Morgan fingerprint density at radius 1 is 1.00 bits per heavy atom. The van der Waals surface area contributed by atoms with E-state index in [0.29, 0.717) is 47.1 Å². The highest BCUT2D eigenvalue weighted by Gasteiger charge is 2.67. The van der Waals surface area contributed by atoms with E-state index in [-0.39, 0.29) is 28.7 Å². The Balaban J connectivity index is 1.52. The number of rotatable bonds is 3. The first-order valence-corrected chi connectivity index (χ1v) is 15.1. The van der Waals surface area contributed by atoms with Gasteiger partial charge >= 0.3 is 6.18 Å². The van der Waals surface area contributed by atoms with Crippen molar-refractivity contribution in [2.24, 2.45) is 11.8 Å². The third kappa shape index (κ3) is 4.55. The number of nitrogens with one attached hydrogen (secondary N) is 2. The molecule has 4 unspecified atom stereocenters. The number of carbonyl (C=O) groups excluding carboxylic acids is 2. The van der Waals surface area contributed by atoms with E-state index >= 15 is 0 Å². The van der Waals surface area contributed by atoms with Crippen molar-refractivity contribution in [3.05, 3.63) is 75.8 Å². The Bertz CT molecular complexity index is 1640. The first-order valence-electron chi connectivity index (χ1n) is 14.8. The van der Waals surface area contributed by atoms with Gasteiger partial charge in [0.15, 0.2) is 5.60 Å². The van der Waals surface area contributed by atoms with E-state index in [1.165, 1.54) is 18.2 Å².